The third kappa shape index (κ3) is 2.05. The van der Waals surface area contributed by atoms with Crippen LogP contribution in [0.5, 0.6) is 0 Å². The van der Waals surface area contributed by atoms with E-state index in [4.69, 9.17) is 14.3 Å². The van der Waals surface area contributed by atoms with Gasteiger partial charge >= 0.3 is 5.69 Å². The summed E-state index contributed by atoms with van der Waals surface area (Å²) in [5.74, 6) is 0.667. The van der Waals surface area contributed by atoms with Gasteiger partial charge in [-0.05, 0) is 13.0 Å². The van der Waals surface area contributed by atoms with Gasteiger partial charge in [0.05, 0.1) is 18.1 Å². The molecule has 0 unspecified atom stereocenters. The van der Waals surface area contributed by atoms with E-state index in [1.54, 1.807) is 19.2 Å². The Labute approximate surface area is 108 Å². The van der Waals surface area contributed by atoms with Gasteiger partial charge in [-0.3, -0.25) is 4.57 Å². The SMILES string of the molecule is Cc1cc2cn([C@H]3C[C@H](O)[C@@H](CO)O3)c(=O)nc2o1. The standard InChI is InChI=1S/C12H14N2O5/c1-6-2-7-4-14(12(17)13-11(7)18-6)10-3-8(16)9(5-15)19-10/h2,4,8-10,15-16H,3,5H2,1H3/t8-,9+,10+/m0/s1. The first-order valence-electron chi connectivity index (χ1n) is 6.02. The van der Waals surface area contributed by atoms with Crippen LogP contribution in [0, 0.1) is 6.92 Å². The third-order valence-electron chi connectivity index (χ3n) is 3.25. The average molecular weight is 266 g/mol. The van der Waals surface area contributed by atoms with Crippen molar-refractivity contribution in [2.45, 2.75) is 31.8 Å². The second kappa shape index (κ2) is 4.44. The van der Waals surface area contributed by atoms with Crippen LogP contribution in [0.2, 0.25) is 0 Å². The van der Waals surface area contributed by atoms with Gasteiger partial charge in [-0.1, -0.05) is 0 Å². The van der Waals surface area contributed by atoms with Gasteiger partial charge in [0.1, 0.15) is 18.1 Å². The molecule has 0 aliphatic carbocycles. The molecule has 0 saturated carbocycles. The summed E-state index contributed by atoms with van der Waals surface area (Å²) in [7, 11) is 0. The van der Waals surface area contributed by atoms with Crippen LogP contribution in [-0.2, 0) is 4.74 Å². The van der Waals surface area contributed by atoms with Crippen molar-refractivity contribution in [3.8, 4) is 0 Å². The Bertz CT molecular complexity index is 662. The van der Waals surface area contributed by atoms with E-state index in [0.29, 0.717) is 11.1 Å². The number of aliphatic hydroxyl groups is 2. The number of hydrogen-bond donors (Lipinski definition) is 2. The second-order valence-electron chi connectivity index (χ2n) is 4.66. The van der Waals surface area contributed by atoms with Gasteiger partial charge in [-0.15, -0.1) is 0 Å². The van der Waals surface area contributed by atoms with E-state index in [-0.39, 0.29) is 18.7 Å². The van der Waals surface area contributed by atoms with Crippen LogP contribution in [0.25, 0.3) is 11.1 Å². The molecular formula is C12H14N2O5. The number of aromatic nitrogens is 2. The molecule has 102 valence electrons. The number of ether oxygens (including phenoxy) is 1. The predicted octanol–water partition coefficient (Wildman–Crippen LogP) is -0.0614. The summed E-state index contributed by atoms with van der Waals surface area (Å²) in [4.78, 5) is 15.7. The summed E-state index contributed by atoms with van der Waals surface area (Å²) in [6, 6.07) is 1.77. The van der Waals surface area contributed by atoms with Gasteiger partial charge in [0.15, 0.2) is 0 Å². The molecule has 7 heteroatoms. The summed E-state index contributed by atoms with van der Waals surface area (Å²) in [6.07, 6.45) is -0.234. The molecule has 1 saturated heterocycles. The van der Waals surface area contributed by atoms with Crippen LogP contribution < -0.4 is 5.69 Å². The lowest BCUT2D eigenvalue weighted by atomic mass is 10.2. The molecule has 19 heavy (non-hydrogen) atoms. The quantitative estimate of drug-likeness (QED) is 0.790. The molecule has 3 atom stereocenters. The van der Waals surface area contributed by atoms with Crippen molar-refractivity contribution < 1.29 is 19.4 Å². The van der Waals surface area contributed by atoms with Gasteiger partial charge in [-0.2, -0.15) is 4.98 Å². The van der Waals surface area contributed by atoms with Crippen molar-refractivity contribution >= 4 is 11.1 Å². The van der Waals surface area contributed by atoms with Gasteiger partial charge in [0.25, 0.3) is 0 Å². The fourth-order valence-electron chi connectivity index (χ4n) is 2.31. The highest BCUT2D eigenvalue weighted by Gasteiger charge is 2.35. The first kappa shape index (κ1) is 12.3. The Balaban J connectivity index is 2.01. The Morgan fingerprint density at radius 1 is 1.58 bits per heavy atom. The van der Waals surface area contributed by atoms with Crippen molar-refractivity contribution in [1.29, 1.82) is 0 Å². The maximum Gasteiger partial charge on any atom is 0.353 e. The Kier molecular flexibility index (Phi) is 2.89. The Morgan fingerprint density at radius 3 is 3.05 bits per heavy atom. The lowest BCUT2D eigenvalue weighted by molar-refractivity contribution is -0.0457. The fraction of sp³-hybridized carbons (Fsp3) is 0.500. The molecule has 0 amide bonds. The van der Waals surface area contributed by atoms with Crippen molar-refractivity contribution in [1.82, 2.24) is 9.55 Å². The summed E-state index contributed by atoms with van der Waals surface area (Å²) in [5, 5.41) is 19.4. The monoisotopic (exact) mass is 266 g/mol. The van der Waals surface area contributed by atoms with Crippen molar-refractivity contribution in [2.75, 3.05) is 6.61 Å². The van der Waals surface area contributed by atoms with E-state index in [1.165, 1.54) is 4.57 Å². The number of furan rings is 1. The van der Waals surface area contributed by atoms with Crippen LogP contribution in [0.15, 0.2) is 21.5 Å². The minimum atomic E-state index is -0.788. The molecule has 2 N–H and O–H groups in total. The average Bonchev–Trinajstić information content (AvgIpc) is 2.89. The molecule has 3 heterocycles. The normalized spacial score (nSPS) is 27.2. The van der Waals surface area contributed by atoms with Crippen LogP contribution in [0.1, 0.15) is 18.4 Å². The number of hydrogen-bond acceptors (Lipinski definition) is 6. The van der Waals surface area contributed by atoms with Gasteiger partial charge in [0, 0.05) is 12.6 Å². The molecule has 2 aromatic rings. The Hall–Kier alpha value is -1.70. The van der Waals surface area contributed by atoms with Crippen LogP contribution in [-0.4, -0.2) is 38.6 Å². The highest BCUT2D eigenvalue weighted by Crippen LogP contribution is 2.28. The molecule has 1 aliphatic heterocycles. The number of aliphatic hydroxyl groups excluding tert-OH is 2. The molecule has 2 aromatic heterocycles. The van der Waals surface area contributed by atoms with E-state index >= 15 is 0 Å². The molecule has 3 rings (SSSR count). The third-order valence-corrected chi connectivity index (χ3v) is 3.25. The van der Waals surface area contributed by atoms with Gasteiger partial charge in [0.2, 0.25) is 5.71 Å². The van der Waals surface area contributed by atoms with Gasteiger partial charge in [-0.25, -0.2) is 4.79 Å². The van der Waals surface area contributed by atoms with Crippen molar-refractivity contribution in [3.63, 3.8) is 0 Å². The maximum absolute atomic E-state index is 11.9. The van der Waals surface area contributed by atoms with Crippen LogP contribution in [0.3, 0.4) is 0 Å². The molecular weight excluding hydrogens is 252 g/mol. The summed E-state index contributed by atoms with van der Waals surface area (Å²) >= 11 is 0. The summed E-state index contributed by atoms with van der Waals surface area (Å²) in [6.45, 7) is 1.49. The molecule has 0 spiro atoms. The largest absolute Gasteiger partial charge is 0.443 e. The zero-order valence-electron chi connectivity index (χ0n) is 10.3. The van der Waals surface area contributed by atoms with E-state index in [9.17, 15) is 9.90 Å². The first-order chi connectivity index (χ1) is 9.08. The lowest BCUT2D eigenvalue weighted by Gasteiger charge is -2.13. The zero-order valence-corrected chi connectivity index (χ0v) is 10.3. The minimum absolute atomic E-state index is 0.245. The highest BCUT2D eigenvalue weighted by molar-refractivity contribution is 5.72. The topological polar surface area (TPSA) is 97.7 Å². The number of nitrogens with zero attached hydrogens (tertiary/aromatic N) is 2. The fourth-order valence-corrected chi connectivity index (χ4v) is 2.31. The zero-order chi connectivity index (χ0) is 13.6. The molecule has 0 radical (unpaired) electrons. The molecule has 1 aliphatic rings. The minimum Gasteiger partial charge on any atom is -0.443 e. The number of rotatable bonds is 2. The second-order valence-corrected chi connectivity index (χ2v) is 4.66. The number of fused-ring (bicyclic) bond motifs is 1. The van der Waals surface area contributed by atoms with Crippen LogP contribution >= 0.6 is 0 Å². The summed E-state index contributed by atoms with van der Waals surface area (Å²) < 4.78 is 12.0. The van der Waals surface area contributed by atoms with Crippen LogP contribution in [0.4, 0.5) is 0 Å². The lowest BCUT2D eigenvalue weighted by Crippen LogP contribution is -2.27. The van der Waals surface area contributed by atoms with E-state index in [1.807, 2.05) is 0 Å². The molecule has 1 fully saturated rings. The van der Waals surface area contributed by atoms with E-state index in [2.05, 4.69) is 4.98 Å². The van der Waals surface area contributed by atoms with Crippen molar-refractivity contribution in [3.05, 3.63) is 28.5 Å². The highest BCUT2D eigenvalue weighted by atomic mass is 16.5. The smallest absolute Gasteiger partial charge is 0.353 e. The number of aryl methyl sites for hydroxylation is 1. The molecule has 0 bridgehead atoms. The predicted molar refractivity (Wildman–Crippen MR) is 64.6 cm³/mol. The molecule has 7 nitrogen and oxygen atoms in total. The Morgan fingerprint density at radius 2 is 2.37 bits per heavy atom. The maximum atomic E-state index is 11.9. The van der Waals surface area contributed by atoms with Crippen molar-refractivity contribution in [2.24, 2.45) is 0 Å². The van der Waals surface area contributed by atoms with E-state index < -0.39 is 24.1 Å². The summed E-state index contributed by atoms with van der Waals surface area (Å²) in [5.41, 5.74) is -0.214. The first-order valence-corrected chi connectivity index (χ1v) is 6.02. The molecule has 0 aromatic carbocycles. The van der Waals surface area contributed by atoms with E-state index in [0.717, 1.165) is 0 Å². The van der Waals surface area contributed by atoms with Gasteiger partial charge < -0.3 is 19.4 Å².